The Bertz CT molecular complexity index is 668. The largest absolute Gasteiger partial charge is 0.456 e. The van der Waals surface area contributed by atoms with Crippen LogP contribution in [0.5, 0.6) is 11.5 Å². The Morgan fingerprint density at radius 1 is 1.05 bits per heavy atom. The predicted molar refractivity (Wildman–Crippen MR) is 72.9 cm³/mol. The van der Waals surface area contributed by atoms with Gasteiger partial charge in [0.15, 0.2) is 0 Å². The molecule has 3 aromatic rings. The fourth-order valence-electron chi connectivity index (χ4n) is 1.69. The molecule has 3 rings (SSSR count). The third-order valence-corrected chi connectivity index (χ3v) is 2.84. The fourth-order valence-corrected chi connectivity index (χ4v) is 1.95. The van der Waals surface area contributed by atoms with Gasteiger partial charge in [0.1, 0.15) is 11.5 Å². The van der Waals surface area contributed by atoms with Gasteiger partial charge in [-0.3, -0.25) is 4.98 Å². The number of hydrogen-bond acceptors (Lipinski definition) is 3. The van der Waals surface area contributed by atoms with Crippen LogP contribution in [-0.4, -0.2) is 14.8 Å². The minimum absolute atomic E-state index is 0.574. The van der Waals surface area contributed by atoms with Crippen molar-refractivity contribution in [1.82, 2.24) is 14.8 Å². The van der Waals surface area contributed by atoms with E-state index in [-0.39, 0.29) is 0 Å². The molecule has 0 aliphatic rings. The molecule has 5 heteroatoms. The minimum atomic E-state index is 0.574. The number of ether oxygens (including phenoxy) is 1. The van der Waals surface area contributed by atoms with Gasteiger partial charge in [0.2, 0.25) is 0 Å². The molecule has 0 saturated heterocycles. The van der Waals surface area contributed by atoms with Crippen molar-refractivity contribution in [2.45, 2.75) is 0 Å². The number of halogens is 1. The molecule has 0 saturated carbocycles. The smallest absolute Gasteiger partial charge is 0.145 e. The van der Waals surface area contributed by atoms with Crippen molar-refractivity contribution < 1.29 is 4.74 Å². The average Bonchev–Trinajstić information content (AvgIpc) is 2.94. The first-order chi connectivity index (χ1) is 9.33. The molecule has 0 radical (unpaired) electrons. The second-order valence-electron chi connectivity index (χ2n) is 3.85. The molecule has 0 atom stereocenters. The molecular formula is C14H10ClN3O. The van der Waals surface area contributed by atoms with E-state index < -0.39 is 0 Å². The molecule has 0 unspecified atom stereocenters. The van der Waals surface area contributed by atoms with E-state index in [1.165, 1.54) is 0 Å². The number of hydrogen-bond donors (Lipinski definition) is 0. The summed E-state index contributed by atoms with van der Waals surface area (Å²) in [6, 6.07) is 11.0. The Kier molecular flexibility index (Phi) is 3.16. The highest BCUT2D eigenvalue weighted by Gasteiger charge is 2.05. The molecular weight excluding hydrogens is 262 g/mol. The summed E-state index contributed by atoms with van der Waals surface area (Å²) in [4.78, 5) is 3.99. The fraction of sp³-hybridized carbons (Fsp3) is 0. The highest BCUT2D eigenvalue weighted by atomic mass is 35.5. The van der Waals surface area contributed by atoms with Gasteiger partial charge in [0.25, 0.3) is 0 Å². The summed E-state index contributed by atoms with van der Waals surface area (Å²) in [5, 5.41) is 4.72. The first-order valence-corrected chi connectivity index (χ1v) is 6.08. The summed E-state index contributed by atoms with van der Waals surface area (Å²) in [6.45, 7) is 0. The van der Waals surface area contributed by atoms with E-state index in [0.29, 0.717) is 16.5 Å². The Morgan fingerprint density at radius 2 is 2.00 bits per heavy atom. The van der Waals surface area contributed by atoms with Gasteiger partial charge in [-0.15, -0.1) is 0 Å². The van der Waals surface area contributed by atoms with Crippen LogP contribution in [0.1, 0.15) is 0 Å². The molecule has 19 heavy (non-hydrogen) atoms. The van der Waals surface area contributed by atoms with E-state index in [1.54, 1.807) is 29.3 Å². The lowest BCUT2D eigenvalue weighted by molar-refractivity contribution is 0.480. The number of nitrogens with zero attached hydrogens (tertiary/aromatic N) is 3. The maximum atomic E-state index is 6.23. The van der Waals surface area contributed by atoms with E-state index in [1.807, 2.05) is 36.5 Å². The monoisotopic (exact) mass is 271 g/mol. The zero-order valence-electron chi connectivity index (χ0n) is 9.90. The molecule has 94 valence electrons. The molecule has 0 spiro atoms. The summed E-state index contributed by atoms with van der Waals surface area (Å²) in [5.74, 6) is 1.33. The van der Waals surface area contributed by atoms with Gasteiger partial charge < -0.3 is 4.74 Å². The van der Waals surface area contributed by atoms with Crippen molar-refractivity contribution in [3.8, 4) is 17.2 Å². The molecule has 0 aliphatic heterocycles. The number of rotatable bonds is 3. The summed E-state index contributed by atoms with van der Waals surface area (Å²) in [5.41, 5.74) is 0.810. The molecule has 0 aliphatic carbocycles. The second-order valence-corrected chi connectivity index (χ2v) is 4.26. The molecule has 4 nitrogen and oxygen atoms in total. The summed E-state index contributed by atoms with van der Waals surface area (Å²) < 4.78 is 7.36. The molecule has 0 N–H and O–H groups in total. The number of pyridine rings is 1. The maximum Gasteiger partial charge on any atom is 0.145 e. The van der Waals surface area contributed by atoms with Gasteiger partial charge in [-0.1, -0.05) is 11.6 Å². The standard InChI is InChI=1S/C14H10ClN3O/c15-13-9-11(19-12-3-1-6-16-10-12)4-5-14(13)18-8-2-7-17-18/h1-10H. The topological polar surface area (TPSA) is 39.9 Å². The molecule has 0 bridgehead atoms. The van der Waals surface area contributed by atoms with Crippen LogP contribution < -0.4 is 4.74 Å². The number of aromatic nitrogens is 3. The van der Waals surface area contributed by atoms with Crippen LogP contribution in [0.4, 0.5) is 0 Å². The zero-order valence-corrected chi connectivity index (χ0v) is 10.7. The van der Waals surface area contributed by atoms with E-state index in [2.05, 4.69) is 10.1 Å². The molecule has 1 aromatic carbocycles. The first kappa shape index (κ1) is 11.7. The molecule has 2 aromatic heterocycles. The Hall–Kier alpha value is -2.33. The average molecular weight is 272 g/mol. The van der Waals surface area contributed by atoms with Crippen molar-refractivity contribution in [1.29, 1.82) is 0 Å². The molecule has 0 fully saturated rings. The minimum Gasteiger partial charge on any atom is -0.456 e. The summed E-state index contributed by atoms with van der Waals surface area (Å²) in [7, 11) is 0. The highest BCUT2D eigenvalue weighted by Crippen LogP contribution is 2.28. The van der Waals surface area contributed by atoms with Gasteiger partial charge in [-0.25, -0.2) is 4.68 Å². The van der Waals surface area contributed by atoms with Crippen molar-refractivity contribution in [3.05, 3.63) is 66.2 Å². The van der Waals surface area contributed by atoms with Crippen LogP contribution in [0.25, 0.3) is 5.69 Å². The van der Waals surface area contributed by atoms with E-state index >= 15 is 0 Å². The van der Waals surface area contributed by atoms with Crippen molar-refractivity contribution in [3.63, 3.8) is 0 Å². The van der Waals surface area contributed by atoms with Crippen molar-refractivity contribution in [2.75, 3.05) is 0 Å². The summed E-state index contributed by atoms with van der Waals surface area (Å²) >= 11 is 6.23. The predicted octanol–water partition coefficient (Wildman–Crippen LogP) is 3.71. The van der Waals surface area contributed by atoms with Gasteiger partial charge in [-0.2, -0.15) is 5.10 Å². The highest BCUT2D eigenvalue weighted by molar-refractivity contribution is 6.32. The van der Waals surface area contributed by atoms with Crippen LogP contribution in [-0.2, 0) is 0 Å². The second kappa shape index (κ2) is 5.12. The van der Waals surface area contributed by atoms with Crippen molar-refractivity contribution in [2.24, 2.45) is 0 Å². The van der Waals surface area contributed by atoms with Crippen LogP contribution >= 0.6 is 11.6 Å². The van der Waals surface area contributed by atoms with Crippen LogP contribution in [0.2, 0.25) is 5.02 Å². The molecule has 2 heterocycles. The lowest BCUT2D eigenvalue weighted by atomic mass is 10.3. The van der Waals surface area contributed by atoms with Crippen LogP contribution in [0, 0.1) is 0 Å². The van der Waals surface area contributed by atoms with E-state index in [9.17, 15) is 0 Å². The van der Waals surface area contributed by atoms with E-state index in [0.717, 1.165) is 5.69 Å². The summed E-state index contributed by atoms with van der Waals surface area (Å²) in [6.07, 6.45) is 6.88. The normalized spacial score (nSPS) is 10.4. The van der Waals surface area contributed by atoms with Gasteiger partial charge >= 0.3 is 0 Å². The zero-order chi connectivity index (χ0) is 13.1. The van der Waals surface area contributed by atoms with Crippen LogP contribution in [0.15, 0.2) is 61.2 Å². The third-order valence-electron chi connectivity index (χ3n) is 2.54. The van der Waals surface area contributed by atoms with Gasteiger partial charge in [0, 0.05) is 24.7 Å². The SMILES string of the molecule is Clc1cc(Oc2cccnc2)ccc1-n1cccn1. The Labute approximate surface area is 115 Å². The van der Waals surface area contributed by atoms with Crippen LogP contribution in [0.3, 0.4) is 0 Å². The third kappa shape index (κ3) is 2.58. The lowest BCUT2D eigenvalue weighted by Gasteiger charge is -2.08. The number of benzene rings is 1. The Morgan fingerprint density at radius 3 is 2.68 bits per heavy atom. The van der Waals surface area contributed by atoms with Gasteiger partial charge in [-0.05, 0) is 30.3 Å². The maximum absolute atomic E-state index is 6.23. The molecule has 0 amide bonds. The Balaban J connectivity index is 1.88. The quantitative estimate of drug-likeness (QED) is 0.729. The lowest BCUT2D eigenvalue weighted by Crippen LogP contribution is -1.95. The van der Waals surface area contributed by atoms with Gasteiger partial charge in [0.05, 0.1) is 16.9 Å². The van der Waals surface area contributed by atoms with E-state index in [4.69, 9.17) is 16.3 Å². The first-order valence-electron chi connectivity index (χ1n) is 5.70. The van der Waals surface area contributed by atoms with Crippen molar-refractivity contribution >= 4 is 11.6 Å².